The molecule has 6 heteroatoms. The second-order valence-corrected chi connectivity index (χ2v) is 7.44. The topological polar surface area (TPSA) is 52.9 Å². The van der Waals surface area contributed by atoms with E-state index in [4.69, 9.17) is 16.9 Å². The molecule has 2 aromatic rings. The van der Waals surface area contributed by atoms with Crippen LogP contribution < -0.4 is 5.32 Å². The molecule has 0 aliphatic carbocycles. The van der Waals surface area contributed by atoms with Crippen molar-refractivity contribution in [3.8, 4) is 6.07 Å². The van der Waals surface area contributed by atoms with Crippen molar-refractivity contribution < 1.29 is 4.79 Å². The summed E-state index contributed by atoms with van der Waals surface area (Å²) in [6, 6.07) is 13.4. The summed E-state index contributed by atoms with van der Waals surface area (Å²) in [4.78, 5) is 12.6. The molecular weight excluding hydrogens is 348 g/mol. The molecule has 1 aromatic heterocycles. The third kappa shape index (κ3) is 6.11. The fraction of sp³-hybridized carbons (Fsp3) is 0.176. The molecule has 0 atom stereocenters. The molecule has 0 aliphatic rings. The van der Waals surface area contributed by atoms with Gasteiger partial charge in [-0.15, -0.1) is 11.3 Å². The minimum atomic E-state index is -0.118. The van der Waals surface area contributed by atoms with Crippen LogP contribution in [0.25, 0.3) is 6.08 Å². The Morgan fingerprint density at radius 1 is 1.35 bits per heavy atom. The van der Waals surface area contributed by atoms with Crippen molar-refractivity contribution in [1.29, 1.82) is 5.26 Å². The number of carbonyl (C=O) groups is 1. The Bertz CT molecular complexity index is 734. The fourth-order valence-corrected chi connectivity index (χ4v) is 3.64. The summed E-state index contributed by atoms with van der Waals surface area (Å²) in [6.07, 6.45) is 3.26. The smallest absolute Gasteiger partial charge is 0.244 e. The number of halogens is 1. The third-order valence-corrected chi connectivity index (χ3v) is 5.14. The van der Waals surface area contributed by atoms with Crippen LogP contribution in [0.5, 0.6) is 0 Å². The summed E-state index contributed by atoms with van der Waals surface area (Å²) in [6.45, 7) is 0.591. The van der Waals surface area contributed by atoms with Crippen molar-refractivity contribution in [3.05, 3.63) is 62.8 Å². The Hall–Kier alpha value is -1.74. The second-order valence-electron chi connectivity index (χ2n) is 4.59. The molecule has 0 aliphatic heterocycles. The van der Waals surface area contributed by atoms with Gasteiger partial charge in [-0.2, -0.15) is 17.0 Å². The van der Waals surface area contributed by atoms with Crippen molar-refractivity contribution in [2.45, 2.75) is 5.75 Å². The molecule has 0 saturated heterocycles. The van der Waals surface area contributed by atoms with E-state index in [0.29, 0.717) is 16.4 Å². The van der Waals surface area contributed by atoms with Gasteiger partial charge >= 0.3 is 0 Å². The van der Waals surface area contributed by atoms with Gasteiger partial charge in [0.2, 0.25) is 5.91 Å². The molecular formula is C17H15ClN2OS2. The molecule has 0 spiro atoms. The SMILES string of the molecule is N#Cc1ccccc1CSCCNC(=O)/C=C/c1ccc(Cl)s1. The maximum Gasteiger partial charge on any atom is 0.244 e. The molecule has 118 valence electrons. The first kappa shape index (κ1) is 17.6. The van der Waals surface area contributed by atoms with E-state index in [9.17, 15) is 4.79 Å². The predicted octanol–water partition coefficient (Wildman–Crippen LogP) is 4.34. The number of thiophene rings is 1. The molecule has 1 amide bonds. The summed E-state index contributed by atoms with van der Waals surface area (Å²) in [5.41, 5.74) is 1.74. The maximum atomic E-state index is 11.7. The van der Waals surface area contributed by atoms with Crippen LogP contribution in [-0.4, -0.2) is 18.2 Å². The number of carbonyl (C=O) groups excluding carboxylic acids is 1. The quantitative estimate of drug-likeness (QED) is 0.589. The summed E-state index contributed by atoms with van der Waals surface area (Å²) in [7, 11) is 0. The molecule has 0 saturated carbocycles. The summed E-state index contributed by atoms with van der Waals surface area (Å²) in [5, 5.41) is 11.9. The van der Waals surface area contributed by atoms with Crippen LogP contribution in [0.3, 0.4) is 0 Å². The highest BCUT2D eigenvalue weighted by molar-refractivity contribution is 7.98. The lowest BCUT2D eigenvalue weighted by Gasteiger charge is -2.04. The van der Waals surface area contributed by atoms with Gasteiger partial charge in [0.15, 0.2) is 0 Å². The van der Waals surface area contributed by atoms with Crippen molar-refractivity contribution in [2.24, 2.45) is 0 Å². The van der Waals surface area contributed by atoms with Crippen molar-refractivity contribution in [2.75, 3.05) is 12.3 Å². The first-order valence-electron chi connectivity index (χ1n) is 6.96. The molecule has 23 heavy (non-hydrogen) atoms. The average Bonchev–Trinajstić information content (AvgIpc) is 2.98. The Labute approximate surface area is 149 Å². The third-order valence-electron chi connectivity index (χ3n) is 2.93. The number of rotatable bonds is 7. The summed E-state index contributed by atoms with van der Waals surface area (Å²) >= 11 is 8.95. The fourth-order valence-electron chi connectivity index (χ4n) is 1.82. The molecule has 1 N–H and O–H groups in total. The first-order valence-corrected chi connectivity index (χ1v) is 9.31. The van der Waals surface area contributed by atoms with E-state index < -0.39 is 0 Å². The van der Waals surface area contributed by atoms with Crippen LogP contribution in [-0.2, 0) is 10.5 Å². The van der Waals surface area contributed by atoms with Gasteiger partial charge in [0.25, 0.3) is 0 Å². The normalized spacial score (nSPS) is 10.6. The molecule has 0 bridgehead atoms. The minimum Gasteiger partial charge on any atom is -0.352 e. The lowest BCUT2D eigenvalue weighted by Crippen LogP contribution is -2.23. The zero-order chi connectivity index (χ0) is 16.5. The lowest BCUT2D eigenvalue weighted by atomic mass is 10.1. The van der Waals surface area contributed by atoms with Crippen LogP contribution >= 0.6 is 34.7 Å². The van der Waals surface area contributed by atoms with E-state index >= 15 is 0 Å². The van der Waals surface area contributed by atoms with Crippen molar-refractivity contribution in [3.63, 3.8) is 0 Å². The highest BCUT2D eigenvalue weighted by Crippen LogP contribution is 2.22. The number of amides is 1. The Kier molecular flexibility index (Phi) is 7.21. The average molecular weight is 363 g/mol. The Balaban J connectivity index is 1.66. The number of nitrogens with one attached hydrogen (secondary N) is 1. The number of hydrogen-bond donors (Lipinski definition) is 1. The van der Waals surface area contributed by atoms with Crippen LogP contribution in [0.15, 0.2) is 42.5 Å². The van der Waals surface area contributed by atoms with E-state index in [1.54, 1.807) is 23.9 Å². The zero-order valence-electron chi connectivity index (χ0n) is 12.3. The van der Waals surface area contributed by atoms with Crippen LogP contribution in [0.2, 0.25) is 4.34 Å². The largest absolute Gasteiger partial charge is 0.352 e. The van der Waals surface area contributed by atoms with E-state index in [0.717, 1.165) is 21.9 Å². The number of hydrogen-bond acceptors (Lipinski definition) is 4. The van der Waals surface area contributed by atoms with Crippen LogP contribution in [0.4, 0.5) is 0 Å². The van der Waals surface area contributed by atoms with E-state index in [-0.39, 0.29) is 5.91 Å². The summed E-state index contributed by atoms with van der Waals surface area (Å²) < 4.78 is 0.708. The monoisotopic (exact) mass is 362 g/mol. The van der Waals surface area contributed by atoms with Gasteiger partial charge in [0, 0.05) is 29.0 Å². The Morgan fingerprint density at radius 2 is 2.17 bits per heavy atom. The molecule has 1 aromatic carbocycles. The second kappa shape index (κ2) is 9.41. The van der Waals surface area contributed by atoms with E-state index in [2.05, 4.69) is 11.4 Å². The van der Waals surface area contributed by atoms with Gasteiger partial charge in [0.05, 0.1) is 16.0 Å². The standard InChI is InChI=1S/C17H15ClN2OS2/c18-16-7-5-15(23-16)6-8-17(21)20-9-10-22-12-14-4-2-1-3-13(14)11-19/h1-8H,9-10,12H2,(H,20,21)/b8-6+. The highest BCUT2D eigenvalue weighted by atomic mass is 35.5. The van der Waals surface area contributed by atoms with Gasteiger partial charge < -0.3 is 5.32 Å². The maximum absolute atomic E-state index is 11.7. The minimum absolute atomic E-state index is 0.118. The van der Waals surface area contributed by atoms with Crippen LogP contribution in [0, 0.1) is 11.3 Å². The number of benzene rings is 1. The van der Waals surface area contributed by atoms with Crippen LogP contribution in [0.1, 0.15) is 16.0 Å². The van der Waals surface area contributed by atoms with Gasteiger partial charge in [-0.1, -0.05) is 29.8 Å². The molecule has 0 fully saturated rings. The highest BCUT2D eigenvalue weighted by Gasteiger charge is 2.01. The number of thioether (sulfide) groups is 1. The Morgan fingerprint density at radius 3 is 2.91 bits per heavy atom. The number of nitrogens with zero attached hydrogens (tertiary/aromatic N) is 1. The van der Waals surface area contributed by atoms with Gasteiger partial charge in [-0.25, -0.2) is 0 Å². The summed E-state index contributed by atoms with van der Waals surface area (Å²) in [5.74, 6) is 1.44. The van der Waals surface area contributed by atoms with Gasteiger partial charge in [-0.3, -0.25) is 4.79 Å². The van der Waals surface area contributed by atoms with Gasteiger partial charge in [0.1, 0.15) is 0 Å². The van der Waals surface area contributed by atoms with E-state index in [1.165, 1.54) is 17.4 Å². The van der Waals surface area contributed by atoms with Crippen molar-refractivity contribution in [1.82, 2.24) is 5.32 Å². The predicted molar refractivity (Wildman–Crippen MR) is 98.7 cm³/mol. The zero-order valence-corrected chi connectivity index (χ0v) is 14.7. The van der Waals surface area contributed by atoms with Gasteiger partial charge in [-0.05, 0) is 29.8 Å². The number of nitriles is 1. The molecule has 0 radical (unpaired) electrons. The first-order chi connectivity index (χ1) is 11.2. The molecule has 1 heterocycles. The molecule has 0 unspecified atom stereocenters. The lowest BCUT2D eigenvalue weighted by molar-refractivity contribution is -0.116. The van der Waals surface area contributed by atoms with E-state index in [1.807, 2.05) is 30.3 Å². The van der Waals surface area contributed by atoms with Crippen molar-refractivity contribution >= 4 is 46.7 Å². The molecule has 3 nitrogen and oxygen atoms in total. The molecule has 2 rings (SSSR count).